The number of rotatable bonds is 3. The van der Waals surface area contributed by atoms with E-state index in [1.807, 2.05) is 0 Å². The lowest BCUT2D eigenvalue weighted by molar-refractivity contribution is -0.117. The zero-order chi connectivity index (χ0) is 10.8. The third kappa shape index (κ3) is 2.80. The second-order valence-electron chi connectivity index (χ2n) is 3.23. The third-order valence-electron chi connectivity index (χ3n) is 1.81. The molecule has 0 radical (unpaired) electrons. The van der Waals surface area contributed by atoms with Gasteiger partial charge in [0.25, 0.3) is 5.92 Å². The van der Waals surface area contributed by atoms with E-state index in [1.54, 1.807) is 6.07 Å². The molecule has 0 heterocycles. The minimum Gasteiger partial charge on any atom is -0.369 e. The molecule has 4 heteroatoms. The number of nitrogens with two attached hydrogens (primary N) is 1. The van der Waals surface area contributed by atoms with Gasteiger partial charge >= 0.3 is 0 Å². The van der Waals surface area contributed by atoms with Crippen molar-refractivity contribution in [2.45, 2.75) is 19.3 Å². The highest BCUT2D eigenvalue weighted by Crippen LogP contribution is 2.27. The van der Waals surface area contributed by atoms with Gasteiger partial charge in [0, 0.05) is 12.5 Å². The summed E-state index contributed by atoms with van der Waals surface area (Å²) in [6, 6.07) is 5.71. The van der Waals surface area contributed by atoms with E-state index in [1.165, 1.54) is 18.2 Å². The molecule has 0 spiro atoms. The maximum Gasteiger partial charge on any atom is 0.270 e. The Labute approximate surface area is 80.7 Å². The second-order valence-corrected chi connectivity index (χ2v) is 3.23. The predicted molar refractivity (Wildman–Crippen MR) is 48.9 cm³/mol. The number of hydrogen-bond acceptors (Lipinski definition) is 1. The molecule has 2 N–H and O–H groups in total. The Morgan fingerprint density at radius 3 is 2.64 bits per heavy atom. The summed E-state index contributed by atoms with van der Waals surface area (Å²) in [5, 5.41) is 0. The average Bonchev–Trinajstić information content (AvgIpc) is 2.01. The molecule has 1 rings (SSSR count). The van der Waals surface area contributed by atoms with E-state index in [9.17, 15) is 13.6 Å². The van der Waals surface area contributed by atoms with Crippen LogP contribution in [0.1, 0.15) is 18.1 Å². The Hall–Kier alpha value is -1.45. The summed E-state index contributed by atoms with van der Waals surface area (Å²) in [5.74, 6) is -3.41. The topological polar surface area (TPSA) is 43.1 Å². The molecule has 0 aromatic heterocycles. The van der Waals surface area contributed by atoms with Gasteiger partial charge in [-0.3, -0.25) is 4.79 Å². The summed E-state index contributed by atoms with van der Waals surface area (Å²) in [7, 11) is 0. The van der Waals surface area contributed by atoms with Crippen molar-refractivity contribution in [3.8, 4) is 0 Å². The van der Waals surface area contributed by atoms with Crippen molar-refractivity contribution in [1.82, 2.24) is 0 Å². The van der Waals surface area contributed by atoms with Crippen LogP contribution in [0.4, 0.5) is 8.78 Å². The first kappa shape index (κ1) is 10.6. The minimum atomic E-state index is -2.88. The number of primary amides is 1. The number of carbonyl (C=O) groups excluding carboxylic acids is 1. The van der Waals surface area contributed by atoms with Crippen molar-refractivity contribution in [1.29, 1.82) is 0 Å². The van der Waals surface area contributed by atoms with Crippen molar-refractivity contribution >= 4 is 5.91 Å². The van der Waals surface area contributed by atoms with E-state index in [0.29, 0.717) is 5.56 Å². The van der Waals surface area contributed by atoms with Crippen molar-refractivity contribution in [3.05, 3.63) is 35.4 Å². The summed E-state index contributed by atoms with van der Waals surface area (Å²) in [5.41, 5.74) is 5.37. The number of amides is 1. The quantitative estimate of drug-likeness (QED) is 0.792. The summed E-state index contributed by atoms with van der Waals surface area (Å²) in [6.45, 7) is 0.816. The first-order valence-corrected chi connectivity index (χ1v) is 4.15. The molecule has 0 aliphatic carbocycles. The average molecular weight is 199 g/mol. The van der Waals surface area contributed by atoms with E-state index in [0.717, 1.165) is 6.92 Å². The fourth-order valence-corrected chi connectivity index (χ4v) is 1.16. The Kier molecular flexibility index (Phi) is 2.84. The summed E-state index contributed by atoms with van der Waals surface area (Å²) in [6.07, 6.45) is -0.0100. The molecular weight excluding hydrogens is 188 g/mol. The van der Waals surface area contributed by atoms with E-state index < -0.39 is 11.8 Å². The number of carbonyl (C=O) groups is 1. The predicted octanol–water partition coefficient (Wildman–Crippen LogP) is 1.83. The monoisotopic (exact) mass is 199 g/mol. The van der Waals surface area contributed by atoms with E-state index >= 15 is 0 Å². The molecule has 76 valence electrons. The zero-order valence-corrected chi connectivity index (χ0v) is 7.76. The number of hydrogen-bond donors (Lipinski definition) is 1. The Morgan fingerprint density at radius 1 is 1.50 bits per heavy atom. The van der Waals surface area contributed by atoms with Crippen LogP contribution in [-0.2, 0) is 17.1 Å². The molecule has 0 aliphatic heterocycles. The molecule has 0 aliphatic rings. The van der Waals surface area contributed by atoms with Crippen LogP contribution in [0.3, 0.4) is 0 Å². The Bertz CT molecular complexity index is 344. The first-order valence-electron chi connectivity index (χ1n) is 4.15. The van der Waals surface area contributed by atoms with Crippen molar-refractivity contribution in [3.63, 3.8) is 0 Å². The van der Waals surface area contributed by atoms with Gasteiger partial charge < -0.3 is 5.73 Å². The molecule has 1 amide bonds. The van der Waals surface area contributed by atoms with E-state index in [4.69, 9.17) is 5.73 Å². The van der Waals surface area contributed by atoms with E-state index in [2.05, 4.69) is 0 Å². The fraction of sp³-hybridized carbons (Fsp3) is 0.300. The van der Waals surface area contributed by atoms with Crippen LogP contribution < -0.4 is 5.73 Å². The largest absolute Gasteiger partial charge is 0.369 e. The molecule has 1 aromatic carbocycles. The smallest absolute Gasteiger partial charge is 0.270 e. The van der Waals surface area contributed by atoms with Crippen LogP contribution in [0.5, 0.6) is 0 Å². The SMILES string of the molecule is CC(F)(F)c1cccc(CC(N)=O)c1. The summed E-state index contributed by atoms with van der Waals surface area (Å²) >= 11 is 0. The Balaban J connectivity index is 2.95. The molecule has 1 aromatic rings. The van der Waals surface area contributed by atoms with Crippen LogP contribution in [-0.4, -0.2) is 5.91 Å². The number of halogens is 2. The van der Waals surface area contributed by atoms with Gasteiger partial charge in [-0.15, -0.1) is 0 Å². The highest BCUT2D eigenvalue weighted by atomic mass is 19.3. The molecule has 0 atom stereocenters. The Morgan fingerprint density at radius 2 is 2.14 bits per heavy atom. The molecular formula is C10H11F2NO. The van der Waals surface area contributed by atoms with Crippen molar-refractivity contribution in [2.24, 2.45) is 5.73 Å². The molecule has 0 saturated carbocycles. The molecule has 14 heavy (non-hydrogen) atoms. The molecule has 2 nitrogen and oxygen atoms in total. The first-order chi connectivity index (χ1) is 6.39. The highest BCUT2D eigenvalue weighted by molar-refractivity contribution is 5.76. The lowest BCUT2D eigenvalue weighted by atomic mass is 10.0. The number of alkyl halides is 2. The molecule has 0 fully saturated rings. The van der Waals surface area contributed by atoms with Crippen molar-refractivity contribution < 1.29 is 13.6 Å². The van der Waals surface area contributed by atoms with Gasteiger partial charge in [-0.2, -0.15) is 0 Å². The third-order valence-corrected chi connectivity index (χ3v) is 1.81. The van der Waals surface area contributed by atoms with Gasteiger partial charge in [0.2, 0.25) is 5.91 Å². The van der Waals surface area contributed by atoms with Gasteiger partial charge in [0.05, 0.1) is 6.42 Å². The van der Waals surface area contributed by atoms with Crippen LogP contribution in [0.15, 0.2) is 24.3 Å². The van der Waals surface area contributed by atoms with Crippen molar-refractivity contribution in [2.75, 3.05) is 0 Å². The fourth-order valence-electron chi connectivity index (χ4n) is 1.16. The summed E-state index contributed by atoms with van der Waals surface area (Å²) in [4.78, 5) is 10.6. The lowest BCUT2D eigenvalue weighted by Crippen LogP contribution is -2.14. The van der Waals surface area contributed by atoms with Gasteiger partial charge in [0.15, 0.2) is 0 Å². The van der Waals surface area contributed by atoms with Crippen LogP contribution in [0, 0.1) is 0 Å². The highest BCUT2D eigenvalue weighted by Gasteiger charge is 2.24. The summed E-state index contributed by atoms with van der Waals surface area (Å²) < 4.78 is 25.7. The molecule has 0 saturated heterocycles. The second kappa shape index (κ2) is 3.74. The van der Waals surface area contributed by atoms with Gasteiger partial charge in [-0.25, -0.2) is 8.78 Å². The molecule has 0 unspecified atom stereocenters. The zero-order valence-electron chi connectivity index (χ0n) is 7.76. The minimum absolute atomic E-state index is 0.0100. The normalized spacial score (nSPS) is 11.4. The van der Waals surface area contributed by atoms with E-state index in [-0.39, 0.29) is 12.0 Å². The van der Waals surface area contributed by atoms with Gasteiger partial charge in [0.1, 0.15) is 0 Å². The number of benzene rings is 1. The maximum atomic E-state index is 12.9. The van der Waals surface area contributed by atoms with Crippen LogP contribution in [0.25, 0.3) is 0 Å². The molecule has 0 bridgehead atoms. The maximum absolute atomic E-state index is 12.9. The van der Waals surface area contributed by atoms with Crippen LogP contribution in [0.2, 0.25) is 0 Å². The van der Waals surface area contributed by atoms with Gasteiger partial charge in [-0.05, 0) is 11.6 Å². The van der Waals surface area contributed by atoms with Gasteiger partial charge in [-0.1, -0.05) is 18.2 Å². The lowest BCUT2D eigenvalue weighted by Gasteiger charge is -2.11. The van der Waals surface area contributed by atoms with Crippen LogP contribution >= 0.6 is 0 Å². The standard InChI is InChI=1S/C10H11F2NO/c1-10(11,12)8-4-2-3-7(5-8)6-9(13)14/h2-5H,6H2,1H3,(H2,13,14).